The first-order valence-electron chi connectivity index (χ1n) is 20.3. The van der Waals surface area contributed by atoms with Crippen LogP contribution in [0.5, 0.6) is 5.75 Å². The third-order valence-corrected chi connectivity index (χ3v) is 11.7. The predicted octanol–water partition coefficient (Wildman–Crippen LogP) is 6.53. The molecule has 4 atom stereocenters. The molecule has 0 spiro atoms. The Labute approximate surface area is 353 Å². The molecule has 59 heavy (non-hydrogen) atoms. The highest BCUT2D eigenvalue weighted by Crippen LogP contribution is 2.47. The lowest BCUT2D eigenvalue weighted by Gasteiger charge is -2.35. The average molecular weight is 864 g/mol. The molecule has 0 saturated heterocycles. The van der Waals surface area contributed by atoms with Gasteiger partial charge < -0.3 is 30.3 Å². The minimum Gasteiger partial charge on any atom is -0.494 e. The molecular weight excluding hydrogens is 812 g/mol. The van der Waals surface area contributed by atoms with E-state index in [0.717, 1.165) is 39.0 Å². The molecule has 7 rings (SSSR count). The van der Waals surface area contributed by atoms with Crippen LogP contribution < -0.4 is 19.9 Å². The van der Waals surface area contributed by atoms with Crippen LogP contribution in [0.25, 0.3) is 0 Å². The summed E-state index contributed by atoms with van der Waals surface area (Å²) in [5.41, 5.74) is 4.34. The molecule has 0 fully saturated rings. The summed E-state index contributed by atoms with van der Waals surface area (Å²) in [5.74, 6) is -0.552. The van der Waals surface area contributed by atoms with Gasteiger partial charge in [0.05, 0.1) is 48.8 Å². The SMILES string of the molecule is CCOc1ccc2c(c1)CC(NCCCCO)C(=O)N2c1ccc(CN2C(=O)[C@](O)([C@H](C)/C=C/CCn3cc(C(CO)c4ccccc4)nn3)c3cc(Br)ccc32)cc1. The van der Waals surface area contributed by atoms with E-state index >= 15 is 0 Å². The summed E-state index contributed by atoms with van der Waals surface area (Å²) in [7, 11) is 0. The van der Waals surface area contributed by atoms with Crippen LogP contribution >= 0.6 is 15.9 Å². The van der Waals surface area contributed by atoms with E-state index in [1.807, 2.05) is 123 Å². The lowest BCUT2D eigenvalue weighted by Crippen LogP contribution is -2.49. The van der Waals surface area contributed by atoms with Gasteiger partial charge in [0.25, 0.3) is 5.91 Å². The van der Waals surface area contributed by atoms with Crippen molar-refractivity contribution in [1.29, 1.82) is 0 Å². The molecule has 0 radical (unpaired) electrons. The van der Waals surface area contributed by atoms with Crippen molar-refractivity contribution in [2.45, 2.75) is 70.2 Å². The second-order valence-corrected chi connectivity index (χ2v) is 16.0. The average Bonchev–Trinajstić information content (AvgIpc) is 3.79. The molecule has 13 heteroatoms. The summed E-state index contributed by atoms with van der Waals surface area (Å²) in [6, 6.07) is 28.2. The molecule has 2 aliphatic rings. The number of nitrogens with zero attached hydrogens (tertiary/aromatic N) is 5. The number of nitrogens with one attached hydrogen (secondary N) is 1. The zero-order valence-electron chi connectivity index (χ0n) is 33.4. The Hall–Kier alpha value is -5.18. The molecule has 4 aromatic carbocycles. The molecule has 2 aliphatic heterocycles. The minimum atomic E-state index is -1.80. The van der Waals surface area contributed by atoms with Crippen LogP contribution in [0.2, 0.25) is 0 Å². The number of unbranched alkanes of at least 4 members (excludes halogenated alkanes) is 1. The van der Waals surface area contributed by atoms with E-state index in [1.54, 1.807) is 14.5 Å². The molecule has 0 saturated carbocycles. The Bertz CT molecular complexity index is 2270. The van der Waals surface area contributed by atoms with Crippen LogP contribution in [0, 0.1) is 5.92 Å². The molecule has 2 amide bonds. The van der Waals surface area contributed by atoms with E-state index in [2.05, 4.69) is 31.6 Å². The zero-order valence-corrected chi connectivity index (χ0v) is 35.0. The summed E-state index contributed by atoms with van der Waals surface area (Å²) in [6.07, 6.45) is 8.20. The van der Waals surface area contributed by atoms with Gasteiger partial charge in [-0.2, -0.15) is 0 Å². The van der Waals surface area contributed by atoms with Crippen LogP contribution in [-0.2, 0) is 34.7 Å². The lowest BCUT2D eigenvalue weighted by molar-refractivity contribution is -0.139. The number of halogens is 1. The standard InChI is InChI=1S/C46H51BrN6O6/c1-3-59-37-19-21-42-34(25-37)26-40(48-22-8-10-24-54)44(56)53(42)36-17-14-32(15-18-36)28-52-43-20-16-35(47)27-39(43)46(58,45(52)57)31(2)11-7-9-23-51-29-41(49-50-51)38(30-55)33-12-5-4-6-13-33/h4-7,11-21,25,27,29,31,38,40,48,54-55,58H,3,8-10,22-24,26,28,30H2,1-2H3/b11-7+/t31-,38?,40?,46+/m1/s1. The number of carbonyl (C=O) groups is 2. The first-order valence-corrected chi connectivity index (χ1v) is 21.0. The maximum Gasteiger partial charge on any atom is 0.264 e. The van der Waals surface area contributed by atoms with Crippen molar-refractivity contribution in [3.63, 3.8) is 0 Å². The van der Waals surface area contributed by atoms with Gasteiger partial charge in [-0.1, -0.05) is 82.7 Å². The van der Waals surface area contributed by atoms with E-state index in [0.29, 0.717) is 61.6 Å². The molecule has 2 unspecified atom stereocenters. The number of aliphatic hydroxyl groups excluding tert-OH is 2. The van der Waals surface area contributed by atoms with E-state index in [9.17, 15) is 24.9 Å². The minimum absolute atomic E-state index is 0.0656. The molecule has 5 aromatic rings. The summed E-state index contributed by atoms with van der Waals surface area (Å²) >= 11 is 3.55. The van der Waals surface area contributed by atoms with E-state index in [1.165, 1.54) is 0 Å². The number of aromatic nitrogens is 3. The monoisotopic (exact) mass is 862 g/mol. The van der Waals surface area contributed by atoms with Gasteiger partial charge >= 0.3 is 0 Å². The van der Waals surface area contributed by atoms with Gasteiger partial charge in [-0.25, -0.2) is 0 Å². The normalized spacial score (nSPS) is 18.6. The number of fused-ring (bicyclic) bond motifs is 2. The van der Waals surface area contributed by atoms with Crippen molar-refractivity contribution >= 4 is 44.8 Å². The van der Waals surface area contributed by atoms with Crippen LogP contribution in [0.1, 0.15) is 67.0 Å². The third-order valence-electron chi connectivity index (χ3n) is 11.2. The largest absolute Gasteiger partial charge is 0.494 e. The van der Waals surface area contributed by atoms with Gasteiger partial charge in [-0.15, -0.1) is 5.10 Å². The quantitative estimate of drug-likeness (QED) is 0.0569. The molecule has 3 heterocycles. The van der Waals surface area contributed by atoms with Crippen LogP contribution in [0.3, 0.4) is 0 Å². The summed E-state index contributed by atoms with van der Waals surface area (Å²) in [4.78, 5) is 31.7. The first-order chi connectivity index (χ1) is 28.7. The fourth-order valence-corrected chi connectivity index (χ4v) is 8.37. The zero-order chi connectivity index (χ0) is 41.5. The topological polar surface area (TPSA) is 153 Å². The number of hydrogen-bond acceptors (Lipinski definition) is 9. The second kappa shape index (κ2) is 18.8. The third kappa shape index (κ3) is 8.90. The van der Waals surface area contributed by atoms with Crippen LogP contribution in [-0.4, -0.2) is 74.5 Å². The predicted molar refractivity (Wildman–Crippen MR) is 231 cm³/mol. The number of benzene rings is 4. The Morgan fingerprint density at radius 3 is 2.53 bits per heavy atom. The van der Waals surface area contributed by atoms with Crippen molar-refractivity contribution in [2.75, 3.05) is 36.2 Å². The Balaban J connectivity index is 1.06. The molecule has 308 valence electrons. The number of anilines is 3. The molecular formula is C46H51BrN6O6. The number of ether oxygens (including phenoxy) is 1. The molecule has 0 bridgehead atoms. The van der Waals surface area contributed by atoms with Gasteiger partial charge in [-0.3, -0.25) is 19.2 Å². The van der Waals surface area contributed by atoms with Gasteiger partial charge in [-0.05, 0) is 104 Å². The first kappa shape index (κ1) is 42.0. The van der Waals surface area contributed by atoms with Gasteiger partial charge in [0, 0.05) is 41.0 Å². The van der Waals surface area contributed by atoms with Crippen molar-refractivity contribution in [2.24, 2.45) is 5.92 Å². The van der Waals surface area contributed by atoms with Crippen LogP contribution in [0.15, 0.2) is 114 Å². The Kier molecular flexibility index (Phi) is 13.4. The molecule has 12 nitrogen and oxygen atoms in total. The summed E-state index contributed by atoms with van der Waals surface area (Å²) < 4.78 is 8.27. The summed E-state index contributed by atoms with van der Waals surface area (Å²) in [6.45, 7) is 5.71. The van der Waals surface area contributed by atoms with E-state index in [4.69, 9.17) is 4.74 Å². The summed E-state index contributed by atoms with van der Waals surface area (Å²) in [5, 5.41) is 43.5. The maximum atomic E-state index is 14.3. The smallest absolute Gasteiger partial charge is 0.264 e. The number of rotatable bonds is 18. The van der Waals surface area contributed by atoms with E-state index in [-0.39, 0.29) is 31.6 Å². The second-order valence-electron chi connectivity index (χ2n) is 15.1. The van der Waals surface area contributed by atoms with Crippen molar-refractivity contribution in [1.82, 2.24) is 20.3 Å². The maximum absolute atomic E-state index is 14.3. The van der Waals surface area contributed by atoms with Crippen molar-refractivity contribution < 1.29 is 29.6 Å². The van der Waals surface area contributed by atoms with Crippen LogP contribution in [0.4, 0.5) is 17.1 Å². The lowest BCUT2D eigenvalue weighted by atomic mass is 9.83. The number of amides is 2. The number of aryl methyl sites for hydroxylation is 1. The Morgan fingerprint density at radius 2 is 1.78 bits per heavy atom. The highest BCUT2D eigenvalue weighted by atomic mass is 79.9. The van der Waals surface area contributed by atoms with Gasteiger partial charge in [0.15, 0.2) is 5.60 Å². The molecule has 1 aromatic heterocycles. The highest BCUT2D eigenvalue weighted by Gasteiger charge is 2.52. The number of allylic oxidation sites excluding steroid dienone is 1. The van der Waals surface area contributed by atoms with E-state index < -0.39 is 23.5 Å². The fraction of sp³-hybridized carbons (Fsp3) is 0.348. The highest BCUT2D eigenvalue weighted by molar-refractivity contribution is 9.10. The van der Waals surface area contributed by atoms with Gasteiger partial charge in [0.1, 0.15) is 5.75 Å². The molecule has 0 aliphatic carbocycles. The number of aliphatic hydroxyl groups is 3. The van der Waals surface area contributed by atoms with Crippen molar-refractivity contribution in [3.05, 3.63) is 142 Å². The number of carbonyl (C=O) groups excluding carboxylic acids is 2. The Morgan fingerprint density at radius 1 is 1.00 bits per heavy atom. The van der Waals surface area contributed by atoms with Gasteiger partial charge in [0.2, 0.25) is 5.91 Å². The van der Waals surface area contributed by atoms with Crippen molar-refractivity contribution in [3.8, 4) is 5.75 Å². The fourth-order valence-electron chi connectivity index (χ4n) is 8.01. The number of hydrogen-bond donors (Lipinski definition) is 4. The molecule has 4 N–H and O–H groups in total.